The third-order valence-electron chi connectivity index (χ3n) is 3.19. The summed E-state index contributed by atoms with van der Waals surface area (Å²) in [5.74, 6) is 1.78. The van der Waals surface area contributed by atoms with Gasteiger partial charge in [0, 0.05) is 19.2 Å². The lowest BCUT2D eigenvalue weighted by atomic mass is 10.0. The maximum absolute atomic E-state index is 8.71. The summed E-state index contributed by atoms with van der Waals surface area (Å²) >= 11 is 0. The van der Waals surface area contributed by atoms with Crippen LogP contribution in [-0.2, 0) is 6.42 Å². The number of fused-ring (bicyclic) bond motifs is 1. The van der Waals surface area contributed by atoms with Crippen molar-refractivity contribution in [2.75, 3.05) is 26.8 Å². The van der Waals surface area contributed by atoms with Gasteiger partial charge in [-0.05, 0) is 37.4 Å². The summed E-state index contributed by atoms with van der Waals surface area (Å²) in [6, 6.07) is 6.00. The van der Waals surface area contributed by atoms with E-state index in [0.29, 0.717) is 0 Å². The fraction of sp³-hybridized carbons (Fsp3) is 0.571. The van der Waals surface area contributed by atoms with E-state index in [1.807, 2.05) is 12.1 Å². The summed E-state index contributed by atoms with van der Waals surface area (Å²) < 4.78 is 11.2. The zero-order valence-corrected chi connectivity index (χ0v) is 10.8. The van der Waals surface area contributed by atoms with Crippen LogP contribution in [0.4, 0.5) is 0 Å². The molecule has 18 heavy (non-hydrogen) atoms. The fourth-order valence-electron chi connectivity index (χ4n) is 2.14. The molecule has 1 aromatic carbocycles. The van der Waals surface area contributed by atoms with E-state index in [-0.39, 0.29) is 12.7 Å². The van der Waals surface area contributed by atoms with E-state index in [4.69, 9.17) is 14.6 Å². The first-order valence-electron chi connectivity index (χ1n) is 6.48. The van der Waals surface area contributed by atoms with Gasteiger partial charge in [0.15, 0.2) is 0 Å². The number of aliphatic hydroxyl groups excluding tert-OH is 1. The molecule has 2 N–H and O–H groups in total. The molecular weight excluding hydrogens is 230 g/mol. The highest BCUT2D eigenvalue weighted by Gasteiger charge is 2.19. The number of nitrogens with one attached hydrogen (secondary N) is 1. The molecule has 4 nitrogen and oxygen atoms in total. The molecule has 0 aliphatic carbocycles. The number of aryl methyl sites for hydroxylation is 1. The molecule has 0 saturated heterocycles. The SMILES string of the molecule is COc1ccc2c(c1)O[C@H](CNCCCO)CC2. The smallest absolute Gasteiger partial charge is 0.126 e. The number of hydrogen-bond acceptors (Lipinski definition) is 4. The molecule has 0 saturated carbocycles. The number of rotatable bonds is 6. The minimum Gasteiger partial charge on any atom is -0.497 e. The van der Waals surface area contributed by atoms with Crippen molar-refractivity contribution in [1.82, 2.24) is 5.32 Å². The molecule has 1 aromatic rings. The second-order valence-electron chi connectivity index (χ2n) is 4.53. The molecule has 4 heteroatoms. The lowest BCUT2D eigenvalue weighted by Crippen LogP contribution is -2.34. The van der Waals surface area contributed by atoms with Crippen LogP contribution in [0.15, 0.2) is 18.2 Å². The lowest BCUT2D eigenvalue weighted by molar-refractivity contribution is 0.168. The Kier molecular flexibility index (Phi) is 4.84. The maximum atomic E-state index is 8.71. The van der Waals surface area contributed by atoms with Crippen LogP contribution < -0.4 is 14.8 Å². The van der Waals surface area contributed by atoms with Gasteiger partial charge < -0.3 is 19.9 Å². The first-order valence-corrected chi connectivity index (χ1v) is 6.48. The van der Waals surface area contributed by atoms with Crippen LogP contribution in [0.1, 0.15) is 18.4 Å². The molecule has 100 valence electrons. The first-order chi connectivity index (χ1) is 8.83. The van der Waals surface area contributed by atoms with Gasteiger partial charge in [-0.2, -0.15) is 0 Å². The Bertz CT molecular complexity index is 381. The van der Waals surface area contributed by atoms with Crippen molar-refractivity contribution in [1.29, 1.82) is 0 Å². The zero-order valence-electron chi connectivity index (χ0n) is 10.8. The topological polar surface area (TPSA) is 50.7 Å². The van der Waals surface area contributed by atoms with Crippen LogP contribution in [0.3, 0.4) is 0 Å². The first kappa shape index (κ1) is 13.2. The molecule has 0 fully saturated rings. The number of benzene rings is 1. The highest BCUT2D eigenvalue weighted by molar-refractivity contribution is 5.42. The summed E-state index contributed by atoms with van der Waals surface area (Å²) in [5.41, 5.74) is 1.25. The van der Waals surface area contributed by atoms with Crippen LogP contribution in [-0.4, -0.2) is 38.0 Å². The van der Waals surface area contributed by atoms with Crippen molar-refractivity contribution >= 4 is 0 Å². The van der Waals surface area contributed by atoms with Gasteiger partial charge in [-0.1, -0.05) is 6.07 Å². The summed E-state index contributed by atoms with van der Waals surface area (Å²) in [6.07, 6.45) is 3.08. The predicted octanol–water partition coefficient (Wildman–Crippen LogP) is 1.36. The van der Waals surface area contributed by atoms with Gasteiger partial charge in [0.25, 0.3) is 0 Å². The highest BCUT2D eigenvalue weighted by Crippen LogP contribution is 2.30. The van der Waals surface area contributed by atoms with Crippen LogP contribution in [0.5, 0.6) is 11.5 Å². The second kappa shape index (κ2) is 6.61. The van der Waals surface area contributed by atoms with Crippen molar-refractivity contribution in [2.24, 2.45) is 0 Å². The summed E-state index contributed by atoms with van der Waals surface area (Å²) in [5, 5.41) is 12.0. The van der Waals surface area contributed by atoms with Crippen LogP contribution in [0.25, 0.3) is 0 Å². The van der Waals surface area contributed by atoms with E-state index < -0.39 is 0 Å². The zero-order chi connectivity index (χ0) is 12.8. The quantitative estimate of drug-likeness (QED) is 0.750. The fourth-order valence-corrected chi connectivity index (χ4v) is 2.14. The molecule has 0 bridgehead atoms. The molecule has 0 unspecified atom stereocenters. The third-order valence-corrected chi connectivity index (χ3v) is 3.19. The average Bonchev–Trinajstić information content (AvgIpc) is 2.42. The van der Waals surface area contributed by atoms with Gasteiger partial charge in [-0.15, -0.1) is 0 Å². The van der Waals surface area contributed by atoms with Crippen molar-refractivity contribution in [3.63, 3.8) is 0 Å². The molecule has 2 rings (SSSR count). The molecule has 1 atom stereocenters. The number of hydrogen-bond donors (Lipinski definition) is 2. The Morgan fingerprint density at radius 3 is 3.17 bits per heavy atom. The third kappa shape index (κ3) is 3.37. The van der Waals surface area contributed by atoms with E-state index in [0.717, 1.165) is 43.9 Å². The Labute approximate surface area is 108 Å². The normalized spacial score (nSPS) is 18.0. The van der Waals surface area contributed by atoms with Crippen LogP contribution >= 0.6 is 0 Å². The number of aliphatic hydroxyl groups is 1. The average molecular weight is 251 g/mol. The van der Waals surface area contributed by atoms with Gasteiger partial charge in [-0.3, -0.25) is 0 Å². The molecular formula is C14H21NO3. The Morgan fingerprint density at radius 2 is 2.39 bits per heavy atom. The van der Waals surface area contributed by atoms with E-state index >= 15 is 0 Å². The van der Waals surface area contributed by atoms with Crippen LogP contribution in [0, 0.1) is 0 Å². The Hall–Kier alpha value is -1.26. The van der Waals surface area contributed by atoms with Crippen molar-refractivity contribution in [3.8, 4) is 11.5 Å². The van der Waals surface area contributed by atoms with E-state index in [2.05, 4.69) is 11.4 Å². The van der Waals surface area contributed by atoms with E-state index in [1.54, 1.807) is 7.11 Å². The molecule has 0 aromatic heterocycles. The number of methoxy groups -OCH3 is 1. The standard InChI is InChI=1S/C14H21NO3/c1-17-12-5-3-11-4-6-13(18-14(11)9-12)10-15-7-2-8-16/h3,5,9,13,15-16H,2,4,6-8,10H2,1H3/t13-/m0/s1. The molecule has 0 spiro atoms. The van der Waals surface area contributed by atoms with Gasteiger partial charge >= 0.3 is 0 Å². The van der Waals surface area contributed by atoms with Crippen molar-refractivity contribution < 1.29 is 14.6 Å². The van der Waals surface area contributed by atoms with Gasteiger partial charge in [-0.25, -0.2) is 0 Å². The maximum Gasteiger partial charge on any atom is 0.126 e. The predicted molar refractivity (Wildman–Crippen MR) is 70.3 cm³/mol. The molecule has 1 heterocycles. The summed E-state index contributed by atoms with van der Waals surface area (Å²) in [6.45, 7) is 1.90. The van der Waals surface area contributed by atoms with Crippen molar-refractivity contribution in [3.05, 3.63) is 23.8 Å². The Morgan fingerprint density at radius 1 is 1.50 bits per heavy atom. The second-order valence-corrected chi connectivity index (χ2v) is 4.53. The van der Waals surface area contributed by atoms with Gasteiger partial charge in [0.2, 0.25) is 0 Å². The van der Waals surface area contributed by atoms with Crippen LogP contribution in [0.2, 0.25) is 0 Å². The summed E-state index contributed by atoms with van der Waals surface area (Å²) in [7, 11) is 1.67. The van der Waals surface area contributed by atoms with Gasteiger partial charge in [0.05, 0.1) is 7.11 Å². The lowest BCUT2D eigenvalue weighted by Gasteiger charge is -2.26. The molecule has 0 radical (unpaired) electrons. The summed E-state index contributed by atoms with van der Waals surface area (Å²) in [4.78, 5) is 0. The Balaban J connectivity index is 1.88. The minimum atomic E-state index is 0.211. The van der Waals surface area contributed by atoms with E-state index in [9.17, 15) is 0 Å². The van der Waals surface area contributed by atoms with E-state index in [1.165, 1.54) is 5.56 Å². The molecule has 1 aliphatic rings. The minimum absolute atomic E-state index is 0.211. The molecule has 1 aliphatic heterocycles. The highest BCUT2D eigenvalue weighted by atomic mass is 16.5. The van der Waals surface area contributed by atoms with Crippen molar-refractivity contribution in [2.45, 2.75) is 25.4 Å². The largest absolute Gasteiger partial charge is 0.497 e. The number of ether oxygens (including phenoxy) is 2. The monoisotopic (exact) mass is 251 g/mol. The molecule has 0 amide bonds. The van der Waals surface area contributed by atoms with Gasteiger partial charge in [0.1, 0.15) is 17.6 Å².